The highest BCUT2D eigenvalue weighted by Gasteiger charge is 2.16. The predicted octanol–water partition coefficient (Wildman–Crippen LogP) is 6.01. The topological polar surface area (TPSA) is 73.2 Å². The van der Waals surface area contributed by atoms with Gasteiger partial charge in [-0.15, -0.1) is 0 Å². The van der Waals surface area contributed by atoms with Crippen molar-refractivity contribution in [3.8, 4) is 22.5 Å². The van der Waals surface area contributed by atoms with Crippen LogP contribution in [0.2, 0.25) is 0 Å². The van der Waals surface area contributed by atoms with E-state index < -0.39 is 0 Å². The summed E-state index contributed by atoms with van der Waals surface area (Å²) in [7, 11) is 0. The molecule has 3 aromatic heterocycles. The van der Waals surface area contributed by atoms with Crippen molar-refractivity contribution in [2.24, 2.45) is 0 Å². The van der Waals surface area contributed by atoms with Crippen LogP contribution < -0.4 is 0 Å². The number of halogens is 1. The lowest BCUT2D eigenvalue weighted by Crippen LogP contribution is -1.89. The van der Waals surface area contributed by atoms with Gasteiger partial charge in [-0.05, 0) is 54.0 Å². The van der Waals surface area contributed by atoms with Gasteiger partial charge in [-0.3, -0.25) is 10.2 Å². The second-order valence-corrected chi connectivity index (χ2v) is 7.37. The van der Waals surface area contributed by atoms with Gasteiger partial charge in [0.1, 0.15) is 11.5 Å². The average Bonchev–Trinajstić information content (AvgIpc) is 3.51. The molecule has 0 atom stereocenters. The SMILES string of the molecule is C=C/C=C(/c1cccc(F)c1)c1cc(-c2n[nH]c3ccc(-c4cn[nH]c4)cc23)[nH]c1C. The molecule has 0 aliphatic heterocycles. The van der Waals surface area contributed by atoms with Crippen LogP contribution in [0.4, 0.5) is 4.39 Å². The number of allylic oxidation sites excluding steroid dienone is 2. The molecule has 5 rings (SSSR count). The number of H-pyrrole nitrogens is 3. The minimum Gasteiger partial charge on any atom is -0.357 e. The van der Waals surface area contributed by atoms with Crippen LogP contribution >= 0.6 is 0 Å². The molecule has 5 nitrogen and oxygen atoms in total. The molecule has 0 saturated carbocycles. The Hall–Kier alpha value is -4.19. The number of rotatable bonds is 5. The molecule has 152 valence electrons. The Morgan fingerprint density at radius 3 is 2.77 bits per heavy atom. The highest BCUT2D eigenvalue weighted by molar-refractivity contribution is 5.96. The van der Waals surface area contributed by atoms with Crippen molar-refractivity contribution in [1.29, 1.82) is 0 Å². The summed E-state index contributed by atoms with van der Waals surface area (Å²) in [4.78, 5) is 3.45. The summed E-state index contributed by atoms with van der Waals surface area (Å²) in [5.74, 6) is -0.272. The first kappa shape index (κ1) is 18.8. The van der Waals surface area contributed by atoms with Crippen LogP contribution in [0.5, 0.6) is 0 Å². The molecule has 0 fully saturated rings. The highest BCUT2D eigenvalue weighted by atomic mass is 19.1. The molecule has 2 aromatic carbocycles. The van der Waals surface area contributed by atoms with Crippen molar-refractivity contribution in [2.45, 2.75) is 6.92 Å². The third-order valence-corrected chi connectivity index (χ3v) is 5.37. The van der Waals surface area contributed by atoms with E-state index in [9.17, 15) is 4.39 Å². The summed E-state index contributed by atoms with van der Waals surface area (Å²) in [6.07, 6.45) is 7.27. The van der Waals surface area contributed by atoms with Crippen molar-refractivity contribution < 1.29 is 4.39 Å². The van der Waals surface area contributed by atoms with Gasteiger partial charge in [0, 0.05) is 28.4 Å². The van der Waals surface area contributed by atoms with E-state index in [-0.39, 0.29) is 5.82 Å². The van der Waals surface area contributed by atoms with E-state index in [0.717, 1.165) is 55.8 Å². The second kappa shape index (κ2) is 7.57. The average molecular weight is 409 g/mol. The lowest BCUT2D eigenvalue weighted by Gasteiger charge is -2.07. The number of aryl methyl sites for hydroxylation is 1. The zero-order valence-corrected chi connectivity index (χ0v) is 16.9. The minimum atomic E-state index is -0.272. The van der Waals surface area contributed by atoms with Gasteiger partial charge >= 0.3 is 0 Å². The van der Waals surface area contributed by atoms with Crippen LogP contribution in [0, 0.1) is 12.7 Å². The largest absolute Gasteiger partial charge is 0.357 e. The van der Waals surface area contributed by atoms with E-state index in [0.29, 0.717) is 0 Å². The molecule has 31 heavy (non-hydrogen) atoms. The fourth-order valence-corrected chi connectivity index (χ4v) is 3.89. The van der Waals surface area contributed by atoms with E-state index in [2.05, 4.69) is 44.1 Å². The number of aromatic nitrogens is 5. The standard InChI is InChI=1S/C25H20FN5/c1-3-5-20(17-6-4-7-19(26)10-17)21-12-24(29-15(21)2)25-22-11-16(18-13-27-28-14-18)8-9-23(22)30-31-25/h3-14,29H,1H2,2H3,(H,27,28)(H,30,31)/b20-5-. The van der Waals surface area contributed by atoms with Gasteiger partial charge in [0.15, 0.2) is 0 Å². The Balaban J connectivity index is 1.62. The van der Waals surface area contributed by atoms with E-state index >= 15 is 0 Å². The van der Waals surface area contributed by atoms with Crippen LogP contribution in [0.3, 0.4) is 0 Å². The molecule has 5 aromatic rings. The van der Waals surface area contributed by atoms with Crippen molar-refractivity contribution >= 4 is 16.5 Å². The summed E-state index contributed by atoms with van der Waals surface area (Å²) < 4.78 is 13.9. The number of nitrogens with one attached hydrogen (secondary N) is 3. The monoisotopic (exact) mass is 409 g/mol. The number of fused-ring (bicyclic) bond motifs is 1. The lowest BCUT2D eigenvalue weighted by atomic mass is 9.97. The fourth-order valence-electron chi connectivity index (χ4n) is 3.89. The molecular formula is C25H20FN5. The van der Waals surface area contributed by atoms with Crippen LogP contribution in [-0.4, -0.2) is 25.4 Å². The third kappa shape index (κ3) is 3.38. The molecule has 0 bridgehead atoms. The van der Waals surface area contributed by atoms with Crippen molar-refractivity contribution in [1.82, 2.24) is 25.4 Å². The predicted molar refractivity (Wildman–Crippen MR) is 122 cm³/mol. The quantitative estimate of drug-likeness (QED) is 0.311. The molecule has 0 spiro atoms. The van der Waals surface area contributed by atoms with Crippen molar-refractivity contribution in [3.63, 3.8) is 0 Å². The van der Waals surface area contributed by atoms with Gasteiger partial charge in [0.05, 0.1) is 17.4 Å². The molecule has 0 aliphatic carbocycles. The number of aromatic amines is 3. The lowest BCUT2D eigenvalue weighted by molar-refractivity contribution is 0.627. The van der Waals surface area contributed by atoms with Crippen molar-refractivity contribution in [3.05, 3.63) is 102 Å². The normalized spacial score (nSPS) is 11.9. The molecule has 0 saturated heterocycles. The van der Waals surface area contributed by atoms with Gasteiger partial charge in [-0.1, -0.05) is 36.9 Å². The third-order valence-electron chi connectivity index (χ3n) is 5.37. The van der Waals surface area contributed by atoms with Crippen LogP contribution in [0.15, 0.2) is 79.7 Å². The zero-order valence-electron chi connectivity index (χ0n) is 16.9. The number of nitrogens with zero attached hydrogens (tertiary/aromatic N) is 2. The Labute approximate surface area is 178 Å². The van der Waals surface area contributed by atoms with Gasteiger partial charge < -0.3 is 4.98 Å². The van der Waals surface area contributed by atoms with Gasteiger partial charge in [-0.25, -0.2) is 4.39 Å². The first-order chi connectivity index (χ1) is 15.1. The highest BCUT2D eigenvalue weighted by Crippen LogP contribution is 2.34. The summed E-state index contributed by atoms with van der Waals surface area (Å²) in [6.45, 7) is 5.83. The number of hydrogen-bond acceptors (Lipinski definition) is 2. The van der Waals surface area contributed by atoms with E-state index in [1.54, 1.807) is 18.3 Å². The number of hydrogen-bond donors (Lipinski definition) is 3. The van der Waals surface area contributed by atoms with E-state index in [4.69, 9.17) is 0 Å². The molecule has 0 radical (unpaired) electrons. The van der Waals surface area contributed by atoms with E-state index in [1.807, 2.05) is 37.4 Å². The van der Waals surface area contributed by atoms with E-state index in [1.165, 1.54) is 12.1 Å². The summed E-state index contributed by atoms with van der Waals surface area (Å²) in [5.41, 5.74) is 8.36. The van der Waals surface area contributed by atoms with Crippen LogP contribution in [0.1, 0.15) is 16.8 Å². The minimum absolute atomic E-state index is 0.272. The van der Waals surface area contributed by atoms with Crippen LogP contribution in [0.25, 0.3) is 39.0 Å². The number of benzene rings is 2. The molecule has 0 amide bonds. The van der Waals surface area contributed by atoms with Gasteiger partial charge in [0.2, 0.25) is 0 Å². The smallest absolute Gasteiger partial charge is 0.123 e. The summed E-state index contributed by atoms with van der Waals surface area (Å²) >= 11 is 0. The Morgan fingerprint density at radius 1 is 1.10 bits per heavy atom. The Kier molecular flexibility index (Phi) is 4.59. The van der Waals surface area contributed by atoms with Gasteiger partial charge in [0.25, 0.3) is 0 Å². The maximum atomic E-state index is 13.9. The second-order valence-electron chi connectivity index (χ2n) is 7.37. The van der Waals surface area contributed by atoms with Gasteiger partial charge in [-0.2, -0.15) is 10.2 Å². The molecule has 3 N–H and O–H groups in total. The maximum absolute atomic E-state index is 13.9. The van der Waals surface area contributed by atoms with Crippen molar-refractivity contribution in [2.75, 3.05) is 0 Å². The Bertz CT molecular complexity index is 1420. The van der Waals surface area contributed by atoms with Crippen LogP contribution in [-0.2, 0) is 0 Å². The molecular weight excluding hydrogens is 389 g/mol. The zero-order chi connectivity index (χ0) is 21.4. The molecule has 0 unspecified atom stereocenters. The molecule has 0 aliphatic rings. The summed E-state index contributed by atoms with van der Waals surface area (Å²) in [6, 6.07) is 14.8. The molecule has 6 heteroatoms. The Morgan fingerprint density at radius 2 is 2.00 bits per heavy atom. The first-order valence-corrected chi connectivity index (χ1v) is 9.90. The fraction of sp³-hybridized carbons (Fsp3) is 0.0400. The molecule has 3 heterocycles. The first-order valence-electron chi connectivity index (χ1n) is 9.90. The summed E-state index contributed by atoms with van der Waals surface area (Å²) in [5, 5.41) is 15.6. The maximum Gasteiger partial charge on any atom is 0.123 e.